The smallest absolute Gasteiger partial charge is 0.252 e. The average Bonchev–Trinajstić information content (AvgIpc) is 3.38. The minimum absolute atomic E-state index is 0.0122. The molecule has 2 heterocycles. The van der Waals surface area contributed by atoms with Gasteiger partial charge in [0.15, 0.2) is 0 Å². The number of nitrogens with zero attached hydrogens (tertiary/aromatic N) is 3. The summed E-state index contributed by atoms with van der Waals surface area (Å²) in [5, 5.41) is 4.69. The molecule has 0 spiro atoms. The van der Waals surface area contributed by atoms with Gasteiger partial charge < -0.3 is 15.1 Å². The predicted molar refractivity (Wildman–Crippen MR) is 133 cm³/mol. The molecule has 1 aliphatic heterocycles. The Hall–Kier alpha value is -1.98. The van der Waals surface area contributed by atoms with Gasteiger partial charge in [0.25, 0.3) is 10.0 Å². The van der Waals surface area contributed by atoms with Crippen LogP contribution in [-0.2, 0) is 24.4 Å². The summed E-state index contributed by atoms with van der Waals surface area (Å²) in [7, 11) is -0.100. The number of rotatable bonds is 6. The van der Waals surface area contributed by atoms with Crippen LogP contribution in [0.4, 0.5) is 0 Å². The summed E-state index contributed by atoms with van der Waals surface area (Å²) in [4.78, 5) is 38.2. The van der Waals surface area contributed by atoms with Gasteiger partial charge in [-0.1, -0.05) is 6.07 Å². The van der Waals surface area contributed by atoms with E-state index in [1.165, 1.54) is 39.8 Å². The minimum Gasteiger partial charge on any atom is -0.351 e. The third kappa shape index (κ3) is 5.72. The zero-order chi connectivity index (χ0) is 25.2. The van der Waals surface area contributed by atoms with Gasteiger partial charge in [0.05, 0.1) is 6.54 Å². The molecular weight excluding hydrogens is 488 g/mol. The van der Waals surface area contributed by atoms with Crippen LogP contribution in [0.15, 0.2) is 21.7 Å². The highest BCUT2D eigenvalue weighted by Gasteiger charge is 2.54. The monoisotopic (exact) mass is 524 g/mol. The van der Waals surface area contributed by atoms with Crippen molar-refractivity contribution in [2.75, 3.05) is 46.8 Å². The molecular formula is C24H36N4O5S2. The third-order valence-corrected chi connectivity index (χ3v) is 11.1. The normalized spacial score (nSPS) is 29.8. The van der Waals surface area contributed by atoms with E-state index in [-0.39, 0.29) is 36.9 Å². The van der Waals surface area contributed by atoms with Crippen molar-refractivity contribution >= 4 is 39.6 Å². The Bertz CT molecular complexity index is 981. The molecule has 0 unspecified atom stereocenters. The molecule has 4 bridgehead atoms. The first-order chi connectivity index (χ1) is 16.6. The van der Waals surface area contributed by atoms with Gasteiger partial charge in [-0.05, 0) is 67.7 Å². The summed E-state index contributed by atoms with van der Waals surface area (Å²) < 4.78 is 27.0. The molecule has 0 aromatic carbocycles. The average molecular weight is 525 g/mol. The van der Waals surface area contributed by atoms with E-state index in [2.05, 4.69) is 5.32 Å². The zero-order valence-corrected chi connectivity index (χ0v) is 22.2. The second-order valence-corrected chi connectivity index (χ2v) is 13.8. The number of thiophene rings is 1. The maximum Gasteiger partial charge on any atom is 0.252 e. The van der Waals surface area contributed by atoms with Crippen LogP contribution in [0, 0.1) is 23.2 Å². The SMILES string of the molecule is CN(C)C=O.O=C(CNC(=O)C12CC3CC(CC(C3)C1)C2)N1CCN(S(=O)(=O)c2cccs2)CC1. The van der Waals surface area contributed by atoms with Crippen molar-refractivity contribution in [1.29, 1.82) is 0 Å². The Morgan fingerprint density at radius 1 is 1.09 bits per heavy atom. The number of amides is 3. The number of hydrogen-bond acceptors (Lipinski definition) is 6. The molecule has 11 heteroatoms. The zero-order valence-electron chi connectivity index (χ0n) is 20.5. The quantitative estimate of drug-likeness (QED) is 0.569. The fourth-order valence-electron chi connectivity index (χ4n) is 6.56. The third-order valence-electron chi connectivity index (χ3n) is 7.81. The maximum atomic E-state index is 13.0. The van der Waals surface area contributed by atoms with Crippen molar-refractivity contribution < 1.29 is 22.8 Å². The van der Waals surface area contributed by atoms with Crippen molar-refractivity contribution in [2.24, 2.45) is 23.2 Å². The molecule has 1 aromatic heterocycles. The number of nitrogens with one attached hydrogen (secondary N) is 1. The van der Waals surface area contributed by atoms with Crippen LogP contribution < -0.4 is 5.32 Å². The Morgan fingerprint density at radius 2 is 1.63 bits per heavy atom. The number of carbonyl (C=O) groups excluding carboxylic acids is 3. The molecule has 5 fully saturated rings. The van der Waals surface area contributed by atoms with E-state index >= 15 is 0 Å². The molecule has 0 atom stereocenters. The molecule has 6 rings (SSSR count). The van der Waals surface area contributed by atoms with Gasteiger partial charge in [0.1, 0.15) is 4.21 Å². The van der Waals surface area contributed by atoms with Crippen molar-refractivity contribution in [3.8, 4) is 0 Å². The highest BCUT2D eigenvalue weighted by Crippen LogP contribution is 2.60. The van der Waals surface area contributed by atoms with Gasteiger partial charge >= 0.3 is 0 Å². The molecule has 1 saturated heterocycles. The number of hydrogen-bond donors (Lipinski definition) is 1. The van der Waals surface area contributed by atoms with Crippen molar-refractivity contribution in [2.45, 2.75) is 42.7 Å². The van der Waals surface area contributed by atoms with Crippen molar-refractivity contribution in [1.82, 2.24) is 19.4 Å². The highest BCUT2D eigenvalue weighted by atomic mass is 32.2. The predicted octanol–water partition coefficient (Wildman–Crippen LogP) is 1.62. The van der Waals surface area contributed by atoms with Crippen LogP contribution >= 0.6 is 11.3 Å². The van der Waals surface area contributed by atoms with E-state index in [4.69, 9.17) is 0 Å². The Balaban J connectivity index is 0.000000527. The Morgan fingerprint density at radius 3 is 2.09 bits per heavy atom. The van der Waals surface area contributed by atoms with E-state index in [9.17, 15) is 22.8 Å². The van der Waals surface area contributed by atoms with Gasteiger partial charge in [-0.15, -0.1) is 11.3 Å². The Labute approximate surface area is 211 Å². The molecule has 1 N–H and O–H groups in total. The molecule has 4 saturated carbocycles. The summed E-state index contributed by atoms with van der Waals surface area (Å²) in [5.41, 5.74) is -0.248. The van der Waals surface area contributed by atoms with E-state index in [0.29, 0.717) is 35.1 Å². The van der Waals surface area contributed by atoms with E-state index in [0.717, 1.165) is 25.7 Å². The van der Waals surface area contributed by atoms with Gasteiger partial charge in [-0.25, -0.2) is 8.42 Å². The first-order valence-corrected chi connectivity index (χ1v) is 14.7. The van der Waals surface area contributed by atoms with Crippen LogP contribution in [-0.4, -0.2) is 87.6 Å². The summed E-state index contributed by atoms with van der Waals surface area (Å²) in [6.07, 6.45) is 7.55. The van der Waals surface area contributed by atoms with E-state index in [1.807, 2.05) is 0 Å². The van der Waals surface area contributed by atoms with Crippen molar-refractivity contribution in [3.05, 3.63) is 17.5 Å². The Kier molecular flexibility index (Phi) is 7.87. The van der Waals surface area contributed by atoms with Gasteiger partial charge in [0.2, 0.25) is 18.2 Å². The topological polar surface area (TPSA) is 107 Å². The summed E-state index contributed by atoms with van der Waals surface area (Å²) in [6.45, 7) is 1.30. The van der Waals surface area contributed by atoms with E-state index < -0.39 is 10.0 Å². The lowest BCUT2D eigenvalue weighted by molar-refractivity contribution is -0.148. The van der Waals surface area contributed by atoms with Gasteiger partial charge in [-0.2, -0.15) is 4.31 Å². The molecule has 194 valence electrons. The summed E-state index contributed by atoms with van der Waals surface area (Å²) >= 11 is 1.21. The lowest BCUT2D eigenvalue weighted by atomic mass is 9.49. The minimum atomic E-state index is -3.48. The van der Waals surface area contributed by atoms with Crippen LogP contribution in [0.25, 0.3) is 0 Å². The van der Waals surface area contributed by atoms with Crippen LogP contribution in [0.2, 0.25) is 0 Å². The first-order valence-electron chi connectivity index (χ1n) is 12.3. The molecule has 5 aliphatic rings. The standard InChI is InChI=1S/C21H29N3O4S2.C3H7NO/c25-18(23-3-5-24(6-4-23)30(27,28)19-2-1-7-29-19)14-22-20(26)21-11-15-8-16(12-21)10-17(9-15)13-21;1-4(2)3-5/h1-2,7,15-17H,3-6,8-14H2,(H,22,26);3H,1-2H3. The molecule has 9 nitrogen and oxygen atoms in total. The number of carbonyl (C=O) groups is 3. The molecule has 1 aromatic rings. The molecule has 3 amide bonds. The maximum absolute atomic E-state index is 13.0. The number of piperazine rings is 1. The van der Waals surface area contributed by atoms with E-state index in [1.54, 1.807) is 36.5 Å². The molecule has 4 aliphatic carbocycles. The second kappa shape index (κ2) is 10.6. The van der Waals surface area contributed by atoms with Crippen LogP contribution in [0.5, 0.6) is 0 Å². The fourth-order valence-corrected chi connectivity index (χ4v) is 9.13. The largest absolute Gasteiger partial charge is 0.351 e. The summed E-state index contributed by atoms with van der Waals surface area (Å²) in [5.74, 6) is 2.01. The van der Waals surface area contributed by atoms with Crippen molar-refractivity contribution in [3.63, 3.8) is 0 Å². The highest BCUT2D eigenvalue weighted by molar-refractivity contribution is 7.91. The molecule has 35 heavy (non-hydrogen) atoms. The molecule has 0 radical (unpaired) electrons. The second-order valence-electron chi connectivity index (χ2n) is 10.7. The summed E-state index contributed by atoms with van der Waals surface area (Å²) in [6, 6.07) is 3.33. The number of sulfonamides is 1. The lowest BCUT2D eigenvalue weighted by Crippen LogP contribution is -2.56. The van der Waals surface area contributed by atoms with Gasteiger partial charge in [-0.3, -0.25) is 14.4 Å². The lowest BCUT2D eigenvalue weighted by Gasteiger charge is -2.55. The van der Waals surface area contributed by atoms with Gasteiger partial charge in [0, 0.05) is 45.7 Å². The first kappa shape index (κ1) is 26.1. The van der Waals surface area contributed by atoms with Crippen LogP contribution in [0.3, 0.4) is 0 Å². The van der Waals surface area contributed by atoms with Crippen LogP contribution in [0.1, 0.15) is 38.5 Å². The fraction of sp³-hybridized carbons (Fsp3) is 0.708.